The highest BCUT2D eigenvalue weighted by atomic mass is 16.5. The number of rotatable bonds is 14. The molecule has 0 aromatic rings. The zero-order chi connectivity index (χ0) is 12.6. The molecule has 0 N–H and O–H groups in total. The molecule has 0 aliphatic carbocycles. The maximum atomic E-state index is 5.49. The summed E-state index contributed by atoms with van der Waals surface area (Å²) in [6.45, 7) is 9.47. The SMILES string of the molecule is [CH2]CCCOCCCCCCCCCOCC. The van der Waals surface area contributed by atoms with Gasteiger partial charge in [-0.05, 0) is 26.2 Å². The van der Waals surface area contributed by atoms with Crippen LogP contribution in [0.4, 0.5) is 0 Å². The zero-order valence-electron chi connectivity index (χ0n) is 11.7. The summed E-state index contributed by atoms with van der Waals surface area (Å²) in [5, 5.41) is 0. The van der Waals surface area contributed by atoms with Crippen LogP contribution < -0.4 is 0 Å². The lowest BCUT2D eigenvalue weighted by Crippen LogP contribution is -1.96. The Balaban J connectivity index is 2.85. The highest BCUT2D eigenvalue weighted by Crippen LogP contribution is 2.07. The van der Waals surface area contributed by atoms with Crippen LogP contribution in [0.3, 0.4) is 0 Å². The molecule has 2 heteroatoms. The van der Waals surface area contributed by atoms with Crippen LogP contribution in [-0.4, -0.2) is 26.4 Å². The summed E-state index contributed by atoms with van der Waals surface area (Å²) >= 11 is 0. The van der Waals surface area contributed by atoms with E-state index in [0.717, 1.165) is 39.3 Å². The van der Waals surface area contributed by atoms with Crippen molar-refractivity contribution in [1.29, 1.82) is 0 Å². The maximum Gasteiger partial charge on any atom is 0.0466 e. The maximum absolute atomic E-state index is 5.49. The van der Waals surface area contributed by atoms with Gasteiger partial charge in [0.25, 0.3) is 0 Å². The molecule has 0 spiro atoms. The average Bonchev–Trinajstić information content (AvgIpc) is 2.35. The minimum absolute atomic E-state index is 0.855. The second-order valence-corrected chi connectivity index (χ2v) is 4.49. The third-order valence-electron chi connectivity index (χ3n) is 2.82. The Bertz CT molecular complexity index is 112. The molecule has 0 fully saturated rings. The second kappa shape index (κ2) is 15.9. The predicted octanol–water partition coefficient (Wildman–Crippen LogP) is 4.38. The summed E-state index contributed by atoms with van der Waals surface area (Å²) in [5.74, 6) is 0. The van der Waals surface area contributed by atoms with Crippen LogP contribution in [0, 0.1) is 6.92 Å². The molecule has 0 unspecified atom stereocenters. The van der Waals surface area contributed by atoms with Gasteiger partial charge >= 0.3 is 0 Å². The van der Waals surface area contributed by atoms with E-state index in [1.54, 1.807) is 0 Å². The molecule has 1 radical (unpaired) electrons. The second-order valence-electron chi connectivity index (χ2n) is 4.49. The molecular formula is C15H31O2. The van der Waals surface area contributed by atoms with Gasteiger partial charge in [-0.25, -0.2) is 0 Å². The van der Waals surface area contributed by atoms with Crippen molar-refractivity contribution in [1.82, 2.24) is 0 Å². The van der Waals surface area contributed by atoms with E-state index < -0.39 is 0 Å². The first-order chi connectivity index (χ1) is 8.41. The number of hydrogen-bond donors (Lipinski definition) is 0. The van der Waals surface area contributed by atoms with Crippen molar-refractivity contribution in [2.75, 3.05) is 26.4 Å². The van der Waals surface area contributed by atoms with Crippen LogP contribution in [0.15, 0.2) is 0 Å². The van der Waals surface area contributed by atoms with Gasteiger partial charge in [0, 0.05) is 26.4 Å². The Morgan fingerprint density at radius 2 is 1.12 bits per heavy atom. The highest BCUT2D eigenvalue weighted by molar-refractivity contribution is 4.46. The Morgan fingerprint density at radius 1 is 0.647 bits per heavy atom. The van der Waals surface area contributed by atoms with E-state index in [2.05, 4.69) is 13.8 Å². The summed E-state index contributed by atoms with van der Waals surface area (Å²) in [7, 11) is 0. The quantitative estimate of drug-likeness (QED) is 0.421. The molecule has 0 heterocycles. The van der Waals surface area contributed by atoms with E-state index in [9.17, 15) is 0 Å². The molecule has 0 aliphatic heterocycles. The molecule has 0 atom stereocenters. The highest BCUT2D eigenvalue weighted by Gasteiger charge is 1.93. The lowest BCUT2D eigenvalue weighted by atomic mass is 10.1. The van der Waals surface area contributed by atoms with Gasteiger partial charge in [0.1, 0.15) is 0 Å². The number of unbranched alkanes of at least 4 members (excludes halogenated alkanes) is 7. The molecule has 103 valence electrons. The van der Waals surface area contributed by atoms with E-state index in [0.29, 0.717) is 0 Å². The molecule has 0 saturated heterocycles. The first kappa shape index (κ1) is 16.9. The molecule has 0 aliphatic rings. The van der Waals surface area contributed by atoms with E-state index in [1.807, 2.05) is 0 Å². The molecule has 17 heavy (non-hydrogen) atoms. The van der Waals surface area contributed by atoms with Gasteiger partial charge in [-0.1, -0.05) is 45.4 Å². The minimum atomic E-state index is 0.855. The fourth-order valence-corrected chi connectivity index (χ4v) is 1.74. The van der Waals surface area contributed by atoms with Crippen molar-refractivity contribution in [3.63, 3.8) is 0 Å². The van der Waals surface area contributed by atoms with Gasteiger partial charge in [0.05, 0.1) is 0 Å². The lowest BCUT2D eigenvalue weighted by molar-refractivity contribution is 0.128. The molecular weight excluding hydrogens is 212 g/mol. The fourth-order valence-electron chi connectivity index (χ4n) is 1.74. The number of ether oxygens (including phenoxy) is 2. The zero-order valence-corrected chi connectivity index (χ0v) is 11.7. The topological polar surface area (TPSA) is 18.5 Å². The normalized spacial score (nSPS) is 10.9. The van der Waals surface area contributed by atoms with Gasteiger partial charge in [-0.3, -0.25) is 0 Å². The fraction of sp³-hybridized carbons (Fsp3) is 0.933. The predicted molar refractivity (Wildman–Crippen MR) is 74.2 cm³/mol. The molecule has 0 bridgehead atoms. The van der Waals surface area contributed by atoms with Gasteiger partial charge in [-0.2, -0.15) is 0 Å². The van der Waals surface area contributed by atoms with Crippen LogP contribution in [-0.2, 0) is 9.47 Å². The lowest BCUT2D eigenvalue weighted by Gasteiger charge is -2.04. The summed E-state index contributed by atoms with van der Waals surface area (Å²) in [4.78, 5) is 0. The first-order valence-electron chi connectivity index (χ1n) is 7.36. The van der Waals surface area contributed by atoms with Crippen molar-refractivity contribution >= 4 is 0 Å². The van der Waals surface area contributed by atoms with E-state index >= 15 is 0 Å². The summed E-state index contributed by atoms with van der Waals surface area (Å²) in [5.41, 5.74) is 0. The van der Waals surface area contributed by atoms with Gasteiger partial charge in [-0.15, -0.1) is 0 Å². The van der Waals surface area contributed by atoms with Crippen molar-refractivity contribution in [2.45, 2.75) is 64.7 Å². The molecule has 0 saturated carbocycles. The van der Waals surface area contributed by atoms with Crippen LogP contribution in [0.5, 0.6) is 0 Å². The van der Waals surface area contributed by atoms with E-state index in [-0.39, 0.29) is 0 Å². The largest absolute Gasteiger partial charge is 0.382 e. The van der Waals surface area contributed by atoms with Gasteiger partial charge in [0.15, 0.2) is 0 Å². The molecule has 0 aromatic heterocycles. The molecule has 0 aromatic carbocycles. The Labute approximate surface area is 108 Å². The van der Waals surface area contributed by atoms with E-state index in [4.69, 9.17) is 9.47 Å². The van der Waals surface area contributed by atoms with Crippen molar-refractivity contribution < 1.29 is 9.47 Å². The van der Waals surface area contributed by atoms with Gasteiger partial charge < -0.3 is 9.47 Å². The van der Waals surface area contributed by atoms with Crippen molar-refractivity contribution in [3.8, 4) is 0 Å². The molecule has 0 amide bonds. The van der Waals surface area contributed by atoms with Crippen molar-refractivity contribution in [2.24, 2.45) is 0 Å². The smallest absolute Gasteiger partial charge is 0.0466 e. The first-order valence-corrected chi connectivity index (χ1v) is 7.36. The van der Waals surface area contributed by atoms with Crippen LogP contribution in [0.25, 0.3) is 0 Å². The van der Waals surface area contributed by atoms with Crippen LogP contribution >= 0.6 is 0 Å². The van der Waals surface area contributed by atoms with Crippen LogP contribution in [0.2, 0.25) is 0 Å². The summed E-state index contributed by atoms with van der Waals surface area (Å²) in [6, 6.07) is 0. The summed E-state index contributed by atoms with van der Waals surface area (Å²) in [6.07, 6.45) is 11.2. The third-order valence-corrected chi connectivity index (χ3v) is 2.82. The van der Waals surface area contributed by atoms with E-state index in [1.165, 1.54) is 44.9 Å². The number of hydrogen-bond acceptors (Lipinski definition) is 2. The molecule has 2 nitrogen and oxygen atoms in total. The minimum Gasteiger partial charge on any atom is -0.382 e. The Kier molecular flexibility index (Phi) is 15.8. The third kappa shape index (κ3) is 15.9. The Hall–Kier alpha value is -0.0800. The van der Waals surface area contributed by atoms with Crippen LogP contribution in [0.1, 0.15) is 64.7 Å². The standard InChI is InChI=1S/C15H31O2/c1-3-5-13-17-15-12-10-8-6-7-9-11-14-16-4-2/h1,3-15H2,2H3. The molecule has 0 rings (SSSR count). The van der Waals surface area contributed by atoms with Gasteiger partial charge in [0.2, 0.25) is 0 Å². The average molecular weight is 243 g/mol. The summed E-state index contributed by atoms with van der Waals surface area (Å²) < 4.78 is 10.8. The Morgan fingerprint density at radius 3 is 1.65 bits per heavy atom. The monoisotopic (exact) mass is 243 g/mol. The van der Waals surface area contributed by atoms with Crippen molar-refractivity contribution in [3.05, 3.63) is 6.92 Å².